The molecule has 3 heterocycles. The maximum Gasteiger partial charge on any atom is 0.247 e. The normalized spacial score (nSPS) is 16.3. The number of para-hydroxylation sites is 1. The molecule has 1 atom stereocenters. The molecule has 1 aliphatic heterocycles. The Labute approximate surface area is 143 Å². The third kappa shape index (κ3) is 3.21. The van der Waals surface area contributed by atoms with Gasteiger partial charge in [0.15, 0.2) is 0 Å². The van der Waals surface area contributed by atoms with Crippen molar-refractivity contribution in [3.63, 3.8) is 0 Å². The van der Waals surface area contributed by atoms with Crippen molar-refractivity contribution in [2.45, 2.75) is 19.3 Å². The van der Waals surface area contributed by atoms with Crippen molar-refractivity contribution < 1.29 is 9.32 Å². The lowest BCUT2D eigenvalue weighted by molar-refractivity contribution is -0.120. The number of hydrogen-bond acceptors (Lipinski definition) is 5. The molecular formula is C18H16N4O3. The Morgan fingerprint density at radius 2 is 2.04 bits per heavy atom. The number of hydrogen-bond donors (Lipinski definition) is 2. The molecule has 1 aromatic carbocycles. The lowest BCUT2D eigenvalue weighted by atomic mass is 9.90. The van der Waals surface area contributed by atoms with Crippen molar-refractivity contribution in [1.82, 2.24) is 15.1 Å². The Bertz CT molecular complexity index is 956. The number of aromatic nitrogens is 3. The van der Waals surface area contributed by atoms with Crippen molar-refractivity contribution >= 4 is 11.6 Å². The van der Waals surface area contributed by atoms with Crippen LogP contribution in [0.4, 0.5) is 5.69 Å². The predicted octanol–water partition coefficient (Wildman–Crippen LogP) is 2.17. The smallest absolute Gasteiger partial charge is 0.247 e. The maximum absolute atomic E-state index is 12.2. The van der Waals surface area contributed by atoms with Gasteiger partial charge in [0.25, 0.3) is 0 Å². The molecule has 7 heteroatoms. The number of nitrogens with zero attached hydrogens (tertiary/aromatic N) is 2. The molecule has 1 aliphatic rings. The number of pyridine rings is 1. The van der Waals surface area contributed by atoms with Crippen molar-refractivity contribution in [3.05, 3.63) is 64.4 Å². The fourth-order valence-electron chi connectivity index (χ4n) is 2.97. The second-order valence-corrected chi connectivity index (χ2v) is 6.04. The van der Waals surface area contributed by atoms with Crippen LogP contribution in [0.5, 0.6) is 0 Å². The van der Waals surface area contributed by atoms with E-state index in [0.717, 1.165) is 11.3 Å². The number of fused-ring (bicyclic) bond motifs is 1. The molecule has 1 amide bonds. The van der Waals surface area contributed by atoms with E-state index >= 15 is 0 Å². The van der Waals surface area contributed by atoms with Crippen molar-refractivity contribution in [2.75, 3.05) is 5.32 Å². The van der Waals surface area contributed by atoms with E-state index in [1.807, 2.05) is 24.3 Å². The minimum atomic E-state index is -0.184. The lowest BCUT2D eigenvalue weighted by Gasteiger charge is -2.24. The average Bonchev–Trinajstić information content (AvgIpc) is 3.09. The highest BCUT2D eigenvalue weighted by atomic mass is 16.5. The first-order valence-corrected chi connectivity index (χ1v) is 8.09. The van der Waals surface area contributed by atoms with Crippen LogP contribution >= 0.6 is 0 Å². The van der Waals surface area contributed by atoms with Crippen LogP contribution in [0, 0.1) is 5.92 Å². The SMILES string of the molecule is O=C1Nc2ccccc2CC1CCc1nc(-c2ccc(=O)[nH]c2)no1. The van der Waals surface area contributed by atoms with Gasteiger partial charge < -0.3 is 14.8 Å². The summed E-state index contributed by atoms with van der Waals surface area (Å²) in [5.41, 5.74) is 2.53. The van der Waals surface area contributed by atoms with Gasteiger partial charge in [-0.05, 0) is 30.5 Å². The maximum atomic E-state index is 12.2. The number of amides is 1. The summed E-state index contributed by atoms with van der Waals surface area (Å²) in [6.07, 6.45) is 3.41. The molecule has 0 fully saturated rings. The van der Waals surface area contributed by atoms with Gasteiger partial charge >= 0.3 is 0 Å². The van der Waals surface area contributed by atoms with Gasteiger partial charge in [0.1, 0.15) is 0 Å². The van der Waals surface area contributed by atoms with Gasteiger partial charge in [-0.3, -0.25) is 9.59 Å². The Hall–Kier alpha value is -3.22. The minimum absolute atomic E-state index is 0.0269. The number of rotatable bonds is 4. The Morgan fingerprint density at radius 3 is 2.88 bits per heavy atom. The summed E-state index contributed by atoms with van der Waals surface area (Å²) in [5.74, 6) is 0.815. The zero-order valence-electron chi connectivity index (χ0n) is 13.4. The Kier molecular flexibility index (Phi) is 3.89. The number of H-pyrrole nitrogens is 1. The van der Waals surface area contributed by atoms with Crippen LogP contribution in [0.25, 0.3) is 11.4 Å². The van der Waals surface area contributed by atoms with Crippen LogP contribution < -0.4 is 10.9 Å². The van der Waals surface area contributed by atoms with E-state index in [1.165, 1.54) is 6.07 Å². The molecule has 0 bridgehead atoms. The van der Waals surface area contributed by atoms with Crippen LogP contribution in [-0.4, -0.2) is 21.0 Å². The van der Waals surface area contributed by atoms with Crippen LogP contribution in [0.1, 0.15) is 17.9 Å². The highest BCUT2D eigenvalue weighted by Crippen LogP contribution is 2.27. The lowest BCUT2D eigenvalue weighted by Crippen LogP contribution is -2.30. The van der Waals surface area contributed by atoms with Gasteiger partial charge in [-0.25, -0.2) is 0 Å². The standard InChI is InChI=1S/C18H16N4O3/c23-15-7-5-13(10-19-15)17-21-16(25-22-17)8-6-12-9-11-3-1-2-4-14(11)20-18(12)24/h1-5,7,10,12H,6,8-9H2,(H,19,23)(H,20,24). The molecule has 7 nitrogen and oxygen atoms in total. The van der Waals surface area contributed by atoms with E-state index in [9.17, 15) is 9.59 Å². The Morgan fingerprint density at radius 1 is 1.16 bits per heavy atom. The van der Waals surface area contributed by atoms with Crippen molar-refractivity contribution in [1.29, 1.82) is 0 Å². The second-order valence-electron chi connectivity index (χ2n) is 6.04. The van der Waals surface area contributed by atoms with Crippen LogP contribution in [0.2, 0.25) is 0 Å². The fourth-order valence-corrected chi connectivity index (χ4v) is 2.97. The van der Waals surface area contributed by atoms with Gasteiger partial charge in [0.2, 0.25) is 23.2 Å². The van der Waals surface area contributed by atoms with Crippen LogP contribution in [-0.2, 0) is 17.6 Å². The van der Waals surface area contributed by atoms with Gasteiger partial charge in [0, 0.05) is 35.9 Å². The van der Waals surface area contributed by atoms with Crippen molar-refractivity contribution in [2.24, 2.45) is 5.92 Å². The number of nitrogens with one attached hydrogen (secondary N) is 2. The molecular weight excluding hydrogens is 320 g/mol. The largest absolute Gasteiger partial charge is 0.339 e. The summed E-state index contributed by atoms with van der Waals surface area (Å²) >= 11 is 0. The number of aromatic amines is 1. The van der Waals surface area contributed by atoms with Crippen LogP contribution in [0.15, 0.2) is 51.9 Å². The highest BCUT2D eigenvalue weighted by Gasteiger charge is 2.26. The first-order valence-electron chi connectivity index (χ1n) is 8.09. The molecule has 2 aromatic heterocycles. The molecule has 2 N–H and O–H groups in total. The highest BCUT2D eigenvalue weighted by molar-refractivity contribution is 5.95. The summed E-state index contributed by atoms with van der Waals surface area (Å²) < 4.78 is 5.26. The molecule has 0 radical (unpaired) electrons. The van der Waals surface area contributed by atoms with Gasteiger partial charge in [-0.2, -0.15) is 4.98 Å². The zero-order chi connectivity index (χ0) is 17.2. The van der Waals surface area contributed by atoms with Gasteiger partial charge in [-0.15, -0.1) is 0 Å². The van der Waals surface area contributed by atoms with Gasteiger partial charge in [0.05, 0.1) is 0 Å². The van der Waals surface area contributed by atoms with Crippen LogP contribution in [0.3, 0.4) is 0 Å². The first kappa shape index (κ1) is 15.3. The van der Waals surface area contributed by atoms with E-state index in [0.29, 0.717) is 36.5 Å². The third-order valence-electron chi connectivity index (χ3n) is 4.33. The number of carbonyl (C=O) groups excluding carboxylic acids is 1. The predicted molar refractivity (Wildman–Crippen MR) is 90.9 cm³/mol. The molecule has 0 saturated heterocycles. The Balaban J connectivity index is 1.43. The fraction of sp³-hybridized carbons (Fsp3) is 0.222. The summed E-state index contributed by atoms with van der Waals surface area (Å²) in [6.45, 7) is 0. The number of carbonyl (C=O) groups is 1. The molecule has 0 saturated carbocycles. The molecule has 126 valence electrons. The van der Waals surface area contributed by atoms with E-state index in [2.05, 4.69) is 20.4 Å². The van der Waals surface area contributed by atoms with E-state index in [1.54, 1.807) is 12.3 Å². The summed E-state index contributed by atoms with van der Waals surface area (Å²) in [5, 5.41) is 6.87. The molecule has 1 unspecified atom stereocenters. The second kappa shape index (κ2) is 6.35. The molecule has 25 heavy (non-hydrogen) atoms. The molecule has 4 rings (SSSR count). The third-order valence-corrected chi connectivity index (χ3v) is 4.33. The molecule has 0 spiro atoms. The quantitative estimate of drug-likeness (QED) is 0.760. The summed E-state index contributed by atoms with van der Waals surface area (Å²) in [4.78, 5) is 30.2. The molecule has 0 aliphatic carbocycles. The van der Waals surface area contributed by atoms with Gasteiger partial charge in [-0.1, -0.05) is 23.4 Å². The molecule has 3 aromatic rings. The number of benzene rings is 1. The van der Waals surface area contributed by atoms with E-state index in [-0.39, 0.29) is 17.4 Å². The number of aryl methyl sites for hydroxylation is 1. The monoisotopic (exact) mass is 336 g/mol. The number of anilines is 1. The average molecular weight is 336 g/mol. The summed E-state index contributed by atoms with van der Waals surface area (Å²) in [6, 6.07) is 10.9. The zero-order valence-corrected chi connectivity index (χ0v) is 13.4. The van der Waals surface area contributed by atoms with Crippen molar-refractivity contribution in [3.8, 4) is 11.4 Å². The van der Waals surface area contributed by atoms with E-state index < -0.39 is 0 Å². The topological polar surface area (TPSA) is 101 Å². The first-order chi connectivity index (χ1) is 12.2. The minimum Gasteiger partial charge on any atom is -0.339 e. The summed E-state index contributed by atoms with van der Waals surface area (Å²) in [7, 11) is 0. The van der Waals surface area contributed by atoms with E-state index in [4.69, 9.17) is 4.52 Å².